The van der Waals surface area contributed by atoms with E-state index in [0.29, 0.717) is 5.69 Å². The van der Waals surface area contributed by atoms with Crippen LogP contribution in [0.15, 0.2) is 40.8 Å². The van der Waals surface area contributed by atoms with Gasteiger partial charge in [-0.1, -0.05) is 29.8 Å². The smallest absolute Gasteiger partial charge is 0.291 e. The number of halogens is 1. The minimum Gasteiger partial charge on any atom is -0.434 e. The minimum atomic E-state index is -0.384. The molecule has 82 valence electrons. The highest BCUT2D eigenvalue weighted by Crippen LogP contribution is 2.23. The number of nitrogens with one attached hydrogen (secondary N) is 1. The Balaban J connectivity index is 2.15. The minimum absolute atomic E-state index is 0.0416. The number of carbonyl (C=O) groups excluding carboxylic acids is 1. The van der Waals surface area contributed by atoms with E-state index in [2.05, 4.69) is 5.32 Å². The lowest BCUT2D eigenvalue weighted by atomic mass is 10.3. The molecule has 0 unspecified atom stereocenters. The Bertz CT molecular complexity index is 488. The molecule has 1 aromatic heterocycles. The van der Waals surface area contributed by atoms with E-state index in [9.17, 15) is 4.79 Å². The molecule has 16 heavy (non-hydrogen) atoms. The first kappa shape index (κ1) is 10.6. The van der Waals surface area contributed by atoms with Crippen molar-refractivity contribution in [1.82, 2.24) is 0 Å². The zero-order valence-electron chi connectivity index (χ0n) is 8.24. The number of furan rings is 1. The number of para-hydroxylation sites is 1. The van der Waals surface area contributed by atoms with Crippen molar-refractivity contribution < 1.29 is 9.21 Å². The fraction of sp³-hybridized carbons (Fsp3) is 0. The average Bonchev–Trinajstić information content (AvgIpc) is 2.61. The molecular formula is C11H9ClN2O2. The molecule has 0 saturated carbocycles. The van der Waals surface area contributed by atoms with Crippen molar-refractivity contribution in [1.29, 1.82) is 0 Å². The summed E-state index contributed by atoms with van der Waals surface area (Å²) in [4.78, 5) is 11.7. The maximum atomic E-state index is 11.7. The Morgan fingerprint density at radius 2 is 2.00 bits per heavy atom. The van der Waals surface area contributed by atoms with Crippen molar-refractivity contribution in [3.8, 4) is 0 Å². The highest BCUT2D eigenvalue weighted by atomic mass is 35.5. The lowest BCUT2D eigenvalue weighted by Crippen LogP contribution is -2.10. The quantitative estimate of drug-likeness (QED) is 0.843. The first-order valence-corrected chi connectivity index (χ1v) is 4.96. The van der Waals surface area contributed by atoms with Crippen LogP contribution in [-0.4, -0.2) is 5.91 Å². The maximum absolute atomic E-state index is 11.7. The van der Waals surface area contributed by atoms with Gasteiger partial charge in [0.1, 0.15) is 5.02 Å². The van der Waals surface area contributed by atoms with E-state index in [1.54, 1.807) is 12.1 Å². The third kappa shape index (κ3) is 2.17. The molecule has 5 heteroatoms. The highest BCUT2D eigenvalue weighted by Gasteiger charge is 2.13. The van der Waals surface area contributed by atoms with Crippen molar-refractivity contribution in [3.63, 3.8) is 0 Å². The van der Waals surface area contributed by atoms with Gasteiger partial charge in [-0.05, 0) is 12.1 Å². The van der Waals surface area contributed by atoms with E-state index < -0.39 is 0 Å². The van der Waals surface area contributed by atoms with Gasteiger partial charge in [-0.25, -0.2) is 0 Å². The zero-order valence-corrected chi connectivity index (χ0v) is 8.99. The van der Waals surface area contributed by atoms with Crippen LogP contribution >= 0.6 is 11.6 Å². The van der Waals surface area contributed by atoms with Gasteiger partial charge in [-0.2, -0.15) is 0 Å². The number of hydrogen-bond donors (Lipinski definition) is 2. The van der Waals surface area contributed by atoms with Crippen LogP contribution < -0.4 is 11.1 Å². The van der Waals surface area contributed by atoms with Gasteiger partial charge in [0.05, 0.1) is 0 Å². The molecule has 4 nitrogen and oxygen atoms in total. The Morgan fingerprint density at radius 3 is 2.56 bits per heavy atom. The van der Waals surface area contributed by atoms with Crippen LogP contribution in [0.1, 0.15) is 10.6 Å². The number of rotatable bonds is 2. The van der Waals surface area contributed by atoms with E-state index >= 15 is 0 Å². The van der Waals surface area contributed by atoms with Gasteiger partial charge in [-0.15, -0.1) is 0 Å². The van der Waals surface area contributed by atoms with Crippen molar-refractivity contribution >= 4 is 29.1 Å². The molecule has 0 saturated heterocycles. The van der Waals surface area contributed by atoms with Gasteiger partial charge in [0, 0.05) is 11.8 Å². The summed E-state index contributed by atoms with van der Waals surface area (Å²) in [6, 6.07) is 10.4. The van der Waals surface area contributed by atoms with Crippen LogP contribution in [0.2, 0.25) is 5.02 Å². The van der Waals surface area contributed by atoms with Crippen LogP contribution in [0.25, 0.3) is 0 Å². The lowest BCUT2D eigenvalue weighted by Gasteiger charge is -2.01. The van der Waals surface area contributed by atoms with Gasteiger partial charge in [-0.3, -0.25) is 4.79 Å². The first-order chi connectivity index (χ1) is 7.66. The van der Waals surface area contributed by atoms with Crippen LogP contribution in [0.3, 0.4) is 0 Å². The predicted octanol–water partition coefficient (Wildman–Crippen LogP) is 2.77. The normalized spacial score (nSPS) is 10.1. The Kier molecular flexibility index (Phi) is 2.83. The molecule has 0 spiro atoms. The lowest BCUT2D eigenvalue weighted by molar-refractivity contribution is 0.0997. The average molecular weight is 237 g/mol. The van der Waals surface area contributed by atoms with E-state index in [-0.39, 0.29) is 22.6 Å². The Hall–Kier alpha value is -1.94. The molecule has 0 aliphatic carbocycles. The van der Waals surface area contributed by atoms with E-state index in [1.807, 2.05) is 18.2 Å². The van der Waals surface area contributed by atoms with Gasteiger partial charge in [0.25, 0.3) is 5.91 Å². The molecule has 3 N–H and O–H groups in total. The topological polar surface area (TPSA) is 68.3 Å². The first-order valence-electron chi connectivity index (χ1n) is 4.58. The summed E-state index contributed by atoms with van der Waals surface area (Å²) in [7, 11) is 0. The van der Waals surface area contributed by atoms with Crippen molar-refractivity contribution in [3.05, 3.63) is 47.2 Å². The molecule has 2 aromatic rings. The Labute approximate surface area is 97.0 Å². The van der Waals surface area contributed by atoms with Crippen LogP contribution in [-0.2, 0) is 0 Å². The highest BCUT2D eigenvalue weighted by molar-refractivity contribution is 6.33. The molecule has 0 aliphatic rings. The second kappa shape index (κ2) is 4.28. The molecule has 0 atom stereocenters. The third-order valence-corrected chi connectivity index (χ3v) is 2.26. The second-order valence-electron chi connectivity index (χ2n) is 3.14. The van der Waals surface area contributed by atoms with E-state index in [1.165, 1.54) is 6.07 Å². The summed E-state index contributed by atoms with van der Waals surface area (Å²) in [5.41, 5.74) is 6.07. The van der Waals surface area contributed by atoms with Crippen molar-refractivity contribution in [2.45, 2.75) is 0 Å². The van der Waals surface area contributed by atoms with E-state index in [0.717, 1.165) is 0 Å². The number of nitrogen functional groups attached to an aromatic ring is 1. The van der Waals surface area contributed by atoms with E-state index in [4.69, 9.17) is 21.8 Å². The fourth-order valence-electron chi connectivity index (χ4n) is 1.21. The SMILES string of the molecule is Nc1oc(C(=O)Nc2ccccc2)cc1Cl. The number of anilines is 2. The second-order valence-corrected chi connectivity index (χ2v) is 3.55. The third-order valence-electron chi connectivity index (χ3n) is 1.97. The van der Waals surface area contributed by atoms with Gasteiger partial charge >= 0.3 is 0 Å². The van der Waals surface area contributed by atoms with Gasteiger partial charge < -0.3 is 15.5 Å². The fourth-order valence-corrected chi connectivity index (χ4v) is 1.35. The predicted molar refractivity (Wildman–Crippen MR) is 62.5 cm³/mol. The van der Waals surface area contributed by atoms with Crippen LogP contribution in [0, 0.1) is 0 Å². The molecule has 0 aliphatic heterocycles. The number of nitrogens with two attached hydrogens (primary N) is 1. The summed E-state index contributed by atoms with van der Waals surface area (Å²) in [5, 5.41) is 2.89. The number of carbonyl (C=O) groups is 1. The molecular weight excluding hydrogens is 228 g/mol. The summed E-state index contributed by atoms with van der Waals surface area (Å²) >= 11 is 5.68. The number of hydrogen-bond acceptors (Lipinski definition) is 3. The molecule has 0 bridgehead atoms. The van der Waals surface area contributed by atoms with Crippen LogP contribution in [0.5, 0.6) is 0 Å². The Morgan fingerprint density at radius 1 is 1.31 bits per heavy atom. The molecule has 1 heterocycles. The largest absolute Gasteiger partial charge is 0.434 e. The van der Waals surface area contributed by atoms with Crippen molar-refractivity contribution in [2.75, 3.05) is 11.1 Å². The monoisotopic (exact) mass is 236 g/mol. The number of benzene rings is 1. The molecule has 1 aromatic carbocycles. The standard InChI is InChI=1S/C11H9ClN2O2/c12-8-6-9(16-10(8)13)11(15)14-7-4-2-1-3-5-7/h1-6H,13H2,(H,14,15). The summed E-state index contributed by atoms with van der Waals surface area (Å²) < 4.78 is 4.98. The maximum Gasteiger partial charge on any atom is 0.291 e. The summed E-state index contributed by atoms with van der Waals surface area (Å²) in [5.74, 6) is -0.254. The number of amides is 1. The molecule has 0 fully saturated rings. The molecule has 1 amide bonds. The molecule has 2 rings (SSSR count). The summed E-state index contributed by atoms with van der Waals surface area (Å²) in [6.07, 6.45) is 0. The van der Waals surface area contributed by atoms with Gasteiger partial charge in [0.2, 0.25) is 5.88 Å². The summed E-state index contributed by atoms with van der Waals surface area (Å²) in [6.45, 7) is 0. The molecule has 0 radical (unpaired) electrons. The zero-order chi connectivity index (χ0) is 11.5. The van der Waals surface area contributed by atoms with Crippen molar-refractivity contribution in [2.24, 2.45) is 0 Å². The van der Waals surface area contributed by atoms with Gasteiger partial charge in [0.15, 0.2) is 5.76 Å². The van der Waals surface area contributed by atoms with Crippen LogP contribution in [0.4, 0.5) is 11.6 Å².